The van der Waals surface area contributed by atoms with Crippen molar-refractivity contribution in [1.29, 1.82) is 0 Å². The summed E-state index contributed by atoms with van der Waals surface area (Å²) in [6.45, 7) is 1.61. The molecule has 37 heavy (non-hydrogen) atoms. The summed E-state index contributed by atoms with van der Waals surface area (Å²) in [6.07, 6.45) is 1.39. The van der Waals surface area contributed by atoms with Crippen LogP contribution >= 0.6 is 0 Å². The summed E-state index contributed by atoms with van der Waals surface area (Å²) < 4.78 is 27.6. The number of halogens is 2. The lowest BCUT2D eigenvalue weighted by Gasteiger charge is -2.34. The van der Waals surface area contributed by atoms with Gasteiger partial charge in [0, 0.05) is 18.5 Å². The van der Waals surface area contributed by atoms with Crippen LogP contribution in [0.15, 0.2) is 84.9 Å². The molecule has 0 aliphatic carbocycles. The zero-order chi connectivity index (χ0) is 26.5. The molecule has 0 bridgehead atoms. The van der Waals surface area contributed by atoms with Gasteiger partial charge in [-0.1, -0.05) is 66.7 Å². The molecule has 1 aliphatic rings. The van der Waals surface area contributed by atoms with E-state index >= 15 is 0 Å². The summed E-state index contributed by atoms with van der Waals surface area (Å²) >= 11 is 0. The van der Waals surface area contributed by atoms with Crippen LogP contribution in [0.2, 0.25) is 0 Å². The molecular formula is C29H27F2N3O3. The van der Waals surface area contributed by atoms with Crippen molar-refractivity contribution in [3.05, 3.63) is 113 Å². The fourth-order valence-corrected chi connectivity index (χ4v) is 4.51. The van der Waals surface area contributed by atoms with E-state index in [2.05, 4.69) is 5.32 Å². The van der Waals surface area contributed by atoms with Crippen LogP contribution in [-0.2, 0) is 20.8 Å². The van der Waals surface area contributed by atoms with E-state index in [1.165, 1.54) is 6.92 Å². The Morgan fingerprint density at radius 2 is 1.59 bits per heavy atom. The Morgan fingerprint density at radius 3 is 2.19 bits per heavy atom. The van der Waals surface area contributed by atoms with Crippen LogP contribution in [0, 0.1) is 11.6 Å². The van der Waals surface area contributed by atoms with Crippen molar-refractivity contribution in [3.8, 4) is 0 Å². The zero-order valence-electron chi connectivity index (χ0n) is 20.2. The highest BCUT2D eigenvalue weighted by molar-refractivity contribution is 6.04. The summed E-state index contributed by atoms with van der Waals surface area (Å²) in [4.78, 5) is 41.3. The highest BCUT2D eigenvalue weighted by Crippen LogP contribution is 2.32. The number of nitrogens with one attached hydrogen (secondary N) is 1. The summed E-state index contributed by atoms with van der Waals surface area (Å²) in [7, 11) is 0. The Kier molecular flexibility index (Phi) is 7.89. The van der Waals surface area contributed by atoms with Crippen LogP contribution in [0.5, 0.6) is 0 Å². The van der Waals surface area contributed by atoms with Crippen LogP contribution in [-0.4, -0.2) is 41.2 Å². The summed E-state index contributed by atoms with van der Waals surface area (Å²) in [5.74, 6) is -4.49. The third-order valence-electron chi connectivity index (χ3n) is 6.22. The average Bonchev–Trinajstić information content (AvgIpc) is 3.04. The fraction of sp³-hybridized carbons (Fsp3) is 0.207. The molecule has 0 fully saturated rings. The highest BCUT2D eigenvalue weighted by atomic mass is 19.1. The van der Waals surface area contributed by atoms with Crippen LogP contribution < -0.4 is 11.1 Å². The zero-order valence-corrected chi connectivity index (χ0v) is 20.2. The molecule has 0 saturated heterocycles. The van der Waals surface area contributed by atoms with Crippen molar-refractivity contribution in [2.45, 2.75) is 31.3 Å². The Morgan fingerprint density at radius 1 is 1.00 bits per heavy atom. The second-order valence-electron chi connectivity index (χ2n) is 9.00. The highest BCUT2D eigenvalue weighted by Gasteiger charge is 2.42. The van der Waals surface area contributed by atoms with E-state index in [0.717, 1.165) is 28.2 Å². The first-order chi connectivity index (χ1) is 17.7. The van der Waals surface area contributed by atoms with Crippen molar-refractivity contribution in [1.82, 2.24) is 10.2 Å². The van der Waals surface area contributed by atoms with Crippen molar-refractivity contribution >= 4 is 23.3 Å². The number of carbonyl (C=O) groups excluding carboxylic acids is 3. The minimum atomic E-state index is -1.27. The van der Waals surface area contributed by atoms with Gasteiger partial charge in [0.25, 0.3) is 0 Å². The Balaban J connectivity index is 1.82. The van der Waals surface area contributed by atoms with Gasteiger partial charge in [-0.25, -0.2) is 8.78 Å². The van der Waals surface area contributed by atoms with E-state index in [4.69, 9.17) is 5.73 Å². The van der Waals surface area contributed by atoms with Gasteiger partial charge in [-0.15, -0.1) is 0 Å². The second-order valence-corrected chi connectivity index (χ2v) is 9.00. The Hall–Kier alpha value is -4.17. The van der Waals surface area contributed by atoms with Crippen molar-refractivity contribution < 1.29 is 23.2 Å². The van der Waals surface area contributed by atoms with Crippen LogP contribution in [0.1, 0.15) is 29.5 Å². The van der Waals surface area contributed by atoms with E-state index < -0.39 is 53.8 Å². The third-order valence-corrected chi connectivity index (χ3v) is 6.22. The molecule has 3 aromatic carbocycles. The van der Waals surface area contributed by atoms with Crippen LogP contribution in [0.25, 0.3) is 5.57 Å². The molecule has 0 unspecified atom stereocenters. The number of hydrogen-bond acceptors (Lipinski definition) is 4. The Bertz CT molecular complexity index is 1310. The molecule has 6 nitrogen and oxygen atoms in total. The predicted octanol–water partition coefficient (Wildman–Crippen LogP) is 3.58. The van der Waals surface area contributed by atoms with Crippen LogP contribution in [0.4, 0.5) is 8.78 Å². The molecule has 1 heterocycles. The molecule has 0 saturated carbocycles. The monoisotopic (exact) mass is 503 g/mol. The minimum absolute atomic E-state index is 0.0378. The number of hydrogen-bond donors (Lipinski definition) is 2. The molecule has 3 aromatic rings. The van der Waals surface area contributed by atoms with Gasteiger partial charge >= 0.3 is 0 Å². The van der Waals surface area contributed by atoms with Crippen molar-refractivity contribution in [2.24, 2.45) is 5.73 Å². The smallest absolute Gasteiger partial charge is 0.246 e. The first-order valence-electron chi connectivity index (χ1n) is 11.9. The quantitative estimate of drug-likeness (QED) is 0.538. The molecule has 0 radical (unpaired) electrons. The topological polar surface area (TPSA) is 92.5 Å². The normalized spacial score (nSPS) is 18.3. The van der Waals surface area contributed by atoms with E-state index in [9.17, 15) is 23.2 Å². The number of rotatable bonds is 6. The number of nitrogens with zero attached hydrogens (tertiary/aromatic N) is 1. The molecular weight excluding hydrogens is 476 g/mol. The standard InChI is InChI=1S/C29H27F2N3O3/c1-18(32)29(37)34(26(35)14-19-12-23(30)16-24(31)13-19)27-25(21-10-6-3-7-11-21)15-22(17-33-28(27)36)20-8-4-2-5-9-20/h2-13,15-16,18,25,27H,14,17,32H2,1H3,(H,33,36)/t18-,25-,27-/m0/s1. The molecule has 190 valence electrons. The lowest BCUT2D eigenvalue weighted by molar-refractivity contribution is -0.152. The molecule has 3 N–H and O–H groups in total. The van der Waals surface area contributed by atoms with Gasteiger partial charge in [-0.3, -0.25) is 19.3 Å². The molecule has 4 rings (SSSR count). The lowest BCUT2D eigenvalue weighted by atomic mass is 9.87. The molecule has 1 aliphatic heterocycles. The first-order valence-corrected chi connectivity index (χ1v) is 11.9. The maximum Gasteiger partial charge on any atom is 0.246 e. The van der Waals surface area contributed by atoms with E-state index in [1.54, 1.807) is 12.1 Å². The lowest BCUT2D eigenvalue weighted by Crippen LogP contribution is -2.57. The Labute approximate surface area is 213 Å². The van der Waals surface area contributed by atoms with Gasteiger partial charge in [-0.05, 0) is 41.3 Å². The molecule has 8 heteroatoms. The van der Waals surface area contributed by atoms with E-state index in [-0.39, 0.29) is 12.1 Å². The fourth-order valence-electron chi connectivity index (χ4n) is 4.51. The summed E-state index contributed by atoms with van der Waals surface area (Å²) in [6, 6.07) is 18.9. The predicted molar refractivity (Wildman–Crippen MR) is 136 cm³/mol. The average molecular weight is 504 g/mol. The van der Waals surface area contributed by atoms with Gasteiger partial charge in [0.15, 0.2) is 0 Å². The van der Waals surface area contributed by atoms with E-state index in [0.29, 0.717) is 11.6 Å². The number of imide groups is 1. The van der Waals surface area contributed by atoms with Gasteiger partial charge in [0.1, 0.15) is 17.7 Å². The second kappa shape index (κ2) is 11.3. The number of carbonyl (C=O) groups is 3. The number of nitrogens with two attached hydrogens (primary N) is 1. The molecule has 3 atom stereocenters. The summed E-state index contributed by atoms with van der Waals surface area (Å²) in [5, 5.41) is 2.84. The number of amides is 3. The summed E-state index contributed by atoms with van der Waals surface area (Å²) in [5.41, 5.74) is 8.35. The first kappa shape index (κ1) is 25.9. The minimum Gasteiger partial charge on any atom is -0.350 e. The molecule has 3 amide bonds. The SMILES string of the molecule is C[C@H](N)C(=O)N(C(=O)Cc1cc(F)cc(F)c1)[C@@H]1C(=O)NCC(c2ccccc2)=C[C@H]1c1ccccc1. The molecule has 0 aromatic heterocycles. The maximum absolute atomic E-state index is 13.8. The van der Waals surface area contributed by atoms with E-state index in [1.807, 2.05) is 54.6 Å². The van der Waals surface area contributed by atoms with Gasteiger partial charge in [0.2, 0.25) is 17.7 Å². The van der Waals surface area contributed by atoms with Crippen molar-refractivity contribution in [3.63, 3.8) is 0 Å². The molecule has 0 spiro atoms. The van der Waals surface area contributed by atoms with Crippen LogP contribution in [0.3, 0.4) is 0 Å². The van der Waals surface area contributed by atoms with Gasteiger partial charge in [-0.2, -0.15) is 0 Å². The maximum atomic E-state index is 13.8. The van der Waals surface area contributed by atoms with Gasteiger partial charge in [0.05, 0.1) is 12.5 Å². The number of benzene rings is 3. The largest absolute Gasteiger partial charge is 0.350 e. The van der Waals surface area contributed by atoms with Crippen molar-refractivity contribution in [2.75, 3.05) is 6.54 Å². The van der Waals surface area contributed by atoms with Gasteiger partial charge < -0.3 is 11.1 Å². The third kappa shape index (κ3) is 5.98.